The van der Waals surface area contributed by atoms with Crippen LogP contribution in [0.25, 0.3) is 0 Å². The van der Waals surface area contributed by atoms with E-state index in [1.165, 1.54) is 12.1 Å². The molecule has 3 atom stereocenters. The first-order valence-corrected chi connectivity index (χ1v) is 7.53. The molecule has 0 unspecified atom stereocenters. The number of hydrogen-bond donors (Lipinski definition) is 5. The molecule has 0 saturated carbocycles. The van der Waals surface area contributed by atoms with Gasteiger partial charge in [0.1, 0.15) is 18.3 Å². The van der Waals surface area contributed by atoms with Crippen molar-refractivity contribution < 1.29 is 28.8 Å². The molecule has 0 amide bonds. The molecule has 0 radical (unpaired) electrons. The van der Waals surface area contributed by atoms with E-state index in [4.69, 9.17) is 10.2 Å². The van der Waals surface area contributed by atoms with Crippen LogP contribution in [0.1, 0.15) is 5.56 Å². The van der Waals surface area contributed by atoms with Crippen LogP contribution in [0.4, 0.5) is 0 Å². The van der Waals surface area contributed by atoms with Gasteiger partial charge in [0.25, 0.3) is 10.0 Å². The second kappa shape index (κ2) is 7.48. The van der Waals surface area contributed by atoms with Crippen LogP contribution in [-0.4, -0.2) is 60.0 Å². The van der Waals surface area contributed by atoms with Gasteiger partial charge in [-0.3, -0.25) is 0 Å². The van der Waals surface area contributed by atoms with E-state index in [1.54, 1.807) is 12.1 Å². The van der Waals surface area contributed by atoms with Gasteiger partial charge >= 0.3 is 0 Å². The van der Waals surface area contributed by atoms with Gasteiger partial charge in [0.05, 0.1) is 17.7 Å². The van der Waals surface area contributed by atoms with E-state index in [-0.39, 0.29) is 4.90 Å². The highest BCUT2D eigenvalue weighted by atomic mass is 32.2. The van der Waals surface area contributed by atoms with Crippen LogP contribution in [0, 0.1) is 6.92 Å². The highest BCUT2D eigenvalue weighted by Gasteiger charge is 2.22. The molecular formula is C12H18N2O6S. The summed E-state index contributed by atoms with van der Waals surface area (Å²) >= 11 is 0. The van der Waals surface area contributed by atoms with Crippen molar-refractivity contribution in [3.8, 4) is 0 Å². The molecule has 0 saturated heterocycles. The number of aliphatic hydroxyl groups is 4. The molecule has 1 aromatic rings. The molecule has 1 rings (SSSR count). The van der Waals surface area contributed by atoms with Crippen LogP contribution in [0.5, 0.6) is 0 Å². The van der Waals surface area contributed by atoms with Crippen molar-refractivity contribution in [2.75, 3.05) is 6.61 Å². The fourth-order valence-electron chi connectivity index (χ4n) is 1.37. The Morgan fingerprint density at radius 2 is 1.81 bits per heavy atom. The number of benzene rings is 1. The van der Waals surface area contributed by atoms with Crippen molar-refractivity contribution >= 4 is 16.2 Å². The fourth-order valence-corrected chi connectivity index (χ4v) is 2.17. The Bertz CT molecular complexity index is 572. The quantitative estimate of drug-likeness (QED) is 0.301. The van der Waals surface area contributed by atoms with Gasteiger partial charge in [0, 0.05) is 0 Å². The average Bonchev–Trinajstić information content (AvgIpc) is 2.45. The Balaban J connectivity index is 2.69. The molecule has 8 nitrogen and oxygen atoms in total. The Hall–Kier alpha value is -1.52. The Morgan fingerprint density at radius 3 is 2.33 bits per heavy atom. The maximum Gasteiger partial charge on any atom is 0.276 e. The summed E-state index contributed by atoms with van der Waals surface area (Å²) in [4.78, 5) is 1.86. The molecule has 21 heavy (non-hydrogen) atoms. The normalized spacial score (nSPS) is 16.6. The van der Waals surface area contributed by atoms with Crippen LogP contribution in [0.15, 0.2) is 34.3 Å². The number of aliphatic hydroxyl groups excluding tert-OH is 4. The number of nitrogens with one attached hydrogen (secondary N) is 1. The highest BCUT2D eigenvalue weighted by molar-refractivity contribution is 7.89. The summed E-state index contributed by atoms with van der Waals surface area (Å²) in [5.74, 6) is 0. The maximum atomic E-state index is 11.8. The third-order valence-electron chi connectivity index (χ3n) is 2.66. The molecule has 9 heteroatoms. The van der Waals surface area contributed by atoms with Crippen molar-refractivity contribution in [1.82, 2.24) is 4.83 Å². The Labute approximate surface area is 122 Å². The van der Waals surface area contributed by atoms with Crippen molar-refractivity contribution in [3.05, 3.63) is 29.8 Å². The molecule has 0 aliphatic carbocycles. The van der Waals surface area contributed by atoms with Crippen LogP contribution < -0.4 is 4.83 Å². The van der Waals surface area contributed by atoms with E-state index in [0.29, 0.717) is 0 Å². The molecule has 0 spiro atoms. The largest absolute Gasteiger partial charge is 0.394 e. The summed E-state index contributed by atoms with van der Waals surface area (Å²) in [7, 11) is -3.88. The lowest BCUT2D eigenvalue weighted by atomic mass is 10.1. The summed E-state index contributed by atoms with van der Waals surface area (Å²) < 4.78 is 23.7. The van der Waals surface area contributed by atoms with E-state index in [1.807, 2.05) is 11.8 Å². The van der Waals surface area contributed by atoms with Gasteiger partial charge in [-0.25, -0.2) is 4.83 Å². The predicted octanol–water partition coefficient (Wildman–Crippen LogP) is -1.67. The van der Waals surface area contributed by atoms with E-state index in [9.17, 15) is 18.6 Å². The van der Waals surface area contributed by atoms with Crippen molar-refractivity contribution in [2.45, 2.75) is 30.1 Å². The summed E-state index contributed by atoms with van der Waals surface area (Å²) in [5, 5.41) is 39.8. The van der Waals surface area contributed by atoms with Crippen molar-refractivity contribution in [2.24, 2.45) is 5.10 Å². The van der Waals surface area contributed by atoms with Crippen LogP contribution in [0.2, 0.25) is 0 Å². The molecule has 5 N–H and O–H groups in total. The summed E-state index contributed by atoms with van der Waals surface area (Å²) in [6.07, 6.45) is -4.15. The average molecular weight is 318 g/mol. The second-order valence-corrected chi connectivity index (χ2v) is 6.08. The Kier molecular flexibility index (Phi) is 6.24. The number of rotatable bonds is 7. The van der Waals surface area contributed by atoms with E-state index in [0.717, 1.165) is 11.8 Å². The molecule has 118 valence electrons. The van der Waals surface area contributed by atoms with Crippen LogP contribution >= 0.6 is 0 Å². The van der Waals surface area contributed by atoms with Gasteiger partial charge in [-0.2, -0.15) is 13.5 Å². The second-order valence-electron chi connectivity index (χ2n) is 4.42. The van der Waals surface area contributed by atoms with Gasteiger partial charge < -0.3 is 20.4 Å². The van der Waals surface area contributed by atoms with E-state index >= 15 is 0 Å². The minimum atomic E-state index is -3.88. The van der Waals surface area contributed by atoms with E-state index < -0.39 is 34.9 Å². The third kappa shape index (κ3) is 5.06. The van der Waals surface area contributed by atoms with Crippen LogP contribution in [0.3, 0.4) is 0 Å². The molecule has 0 heterocycles. The zero-order chi connectivity index (χ0) is 16.0. The third-order valence-corrected chi connectivity index (χ3v) is 3.90. The van der Waals surface area contributed by atoms with Crippen LogP contribution in [-0.2, 0) is 10.0 Å². The standard InChI is InChI=1S/C12H18N2O6S/c1-8-2-4-9(5-3-8)21(19,20)14-13-6-10(16)12(18)11(17)7-15/h2-6,10-12,14-18H,7H2,1H3/b13-6+/t10-,11-,12+/m1/s1. The summed E-state index contributed by atoms with van der Waals surface area (Å²) in [6, 6.07) is 6.03. The predicted molar refractivity (Wildman–Crippen MR) is 75.1 cm³/mol. The minimum Gasteiger partial charge on any atom is -0.394 e. The number of hydrazone groups is 1. The van der Waals surface area contributed by atoms with Crippen molar-refractivity contribution in [1.29, 1.82) is 0 Å². The zero-order valence-corrected chi connectivity index (χ0v) is 12.1. The minimum absolute atomic E-state index is 0.00400. The Morgan fingerprint density at radius 1 is 1.24 bits per heavy atom. The van der Waals surface area contributed by atoms with Crippen molar-refractivity contribution in [3.63, 3.8) is 0 Å². The van der Waals surface area contributed by atoms with Gasteiger partial charge in [-0.05, 0) is 19.1 Å². The monoisotopic (exact) mass is 318 g/mol. The molecule has 0 bridgehead atoms. The summed E-state index contributed by atoms with van der Waals surface area (Å²) in [5.41, 5.74) is 0.897. The first-order chi connectivity index (χ1) is 9.77. The number of nitrogens with zero attached hydrogens (tertiary/aromatic N) is 1. The zero-order valence-electron chi connectivity index (χ0n) is 11.3. The lowest BCUT2D eigenvalue weighted by molar-refractivity contribution is -0.0542. The molecule has 1 aromatic carbocycles. The SMILES string of the molecule is Cc1ccc(S(=O)(=O)N/N=C/[C@@H](O)[C@H](O)[C@H](O)CO)cc1. The first-order valence-electron chi connectivity index (χ1n) is 6.04. The molecule has 0 aliphatic heterocycles. The molecular weight excluding hydrogens is 300 g/mol. The number of hydrogen-bond acceptors (Lipinski definition) is 7. The highest BCUT2D eigenvalue weighted by Crippen LogP contribution is 2.09. The van der Waals surface area contributed by atoms with Gasteiger partial charge in [0.2, 0.25) is 0 Å². The lowest BCUT2D eigenvalue weighted by Gasteiger charge is -2.18. The number of aryl methyl sites for hydroxylation is 1. The molecule has 0 aliphatic rings. The van der Waals surface area contributed by atoms with E-state index in [2.05, 4.69) is 5.10 Å². The molecule has 0 aromatic heterocycles. The number of sulfonamides is 1. The first kappa shape index (κ1) is 17.5. The summed E-state index contributed by atoms with van der Waals surface area (Å²) in [6.45, 7) is 1.06. The lowest BCUT2D eigenvalue weighted by Crippen LogP contribution is -2.40. The molecule has 0 fully saturated rings. The smallest absolute Gasteiger partial charge is 0.276 e. The van der Waals surface area contributed by atoms with Gasteiger partial charge in [-0.15, -0.1) is 0 Å². The fraction of sp³-hybridized carbons (Fsp3) is 0.417. The maximum absolute atomic E-state index is 11.8. The van der Waals surface area contributed by atoms with Gasteiger partial charge in [-0.1, -0.05) is 17.7 Å². The van der Waals surface area contributed by atoms with Gasteiger partial charge in [0.15, 0.2) is 0 Å². The topological polar surface area (TPSA) is 139 Å².